The molecular weight excluding hydrogens is 291 g/mol. The Labute approximate surface area is 120 Å². The van der Waals surface area contributed by atoms with Gasteiger partial charge in [0.25, 0.3) is 0 Å². The molecule has 0 aromatic heterocycles. The molecule has 1 aromatic carbocycles. The molecule has 0 spiro atoms. The first-order valence-electron chi connectivity index (χ1n) is 6.15. The minimum Gasteiger partial charge on any atom is -0.497 e. The number of hydrogen-bond donors (Lipinski definition) is 3. The van der Waals surface area contributed by atoms with Crippen molar-refractivity contribution >= 4 is 0 Å². The summed E-state index contributed by atoms with van der Waals surface area (Å²) in [4.78, 5) is 0. The van der Waals surface area contributed by atoms with Crippen LogP contribution < -0.4 is 14.8 Å². The van der Waals surface area contributed by atoms with E-state index >= 15 is 0 Å². The SMILES string of the molecule is COc1ccc(OC)c(C(O)CNCC(O)C(F)(F)F)c1. The van der Waals surface area contributed by atoms with Crippen LogP contribution in [0.3, 0.4) is 0 Å². The zero-order valence-corrected chi connectivity index (χ0v) is 11.6. The van der Waals surface area contributed by atoms with Crippen LogP contribution in [0, 0.1) is 0 Å². The number of methoxy groups -OCH3 is 2. The summed E-state index contributed by atoms with van der Waals surface area (Å²) in [6.45, 7) is -0.872. The summed E-state index contributed by atoms with van der Waals surface area (Å²) in [6, 6.07) is 4.75. The molecule has 0 saturated heterocycles. The van der Waals surface area contributed by atoms with E-state index in [0.29, 0.717) is 17.1 Å². The molecule has 1 rings (SSSR count). The molecule has 5 nitrogen and oxygen atoms in total. The predicted molar refractivity (Wildman–Crippen MR) is 69.4 cm³/mol. The molecular formula is C13H18F3NO4. The maximum atomic E-state index is 12.1. The highest BCUT2D eigenvalue weighted by Gasteiger charge is 2.37. The van der Waals surface area contributed by atoms with Crippen LogP contribution in [0.5, 0.6) is 11.5 Å². The van der Waals surface area contributed by atoms with Crippen LogP contribution in [-0.2, 0) is 0 Å². The largest absolute Gasteiger partial charge is 0.497 e. The monoisotopic (exact) mass is 309 g/mol. The van der Waals surface area contributed by atoms with Gasteiger partial charge in [0.05, 0.1) is 20.3 Å². The molecule has 0 aliphatic rings. The van der Waals surface area contributed by atoms with Gasteiger partial charge in [0.2, 0.25) is 0 Å². The summed E-state index contributed by atoms with van der Waals surface area (Å²) in [6.07, 6.45) is -8.27. The van der Waals surface area contributed by atoms with Crippen LogP contribution in [0.2, 0.25) is 0 Å². The van der Waals surface area contributed by atoms with Gasteiger partial charge >= 0.3 is 6.18 Å². The Morgan fingerprint density at radius 3 is 2.33 bits per heavy atom. The summed E-state index contributed by atoms with van der Waals surface area (Å²) >= 11 is 0. The maximum absolute atomic E-state index is 12.1. The normalized spacial score (nSPS) is 14.6. The smallest absolute Gasteiger partial charge is 0.415 e. The number of aliphatic hydroxyl groups is 2. The van der Waals surface area contributed by atoms with Crippen molar-refractivity contribution in [3.63, 3.8) is 0 Å². The third-order valence-electron chi connectivity index (χ3n) is 2.85. The molecule has 21 heavy (non-hydrogen) atoms. The second-order valence-corrected chi connectivity index (χ2v) is 4.34. The Morgan fingerprint density at radius 1 is 1.14 bits per heavy atom. The van der Waals surface area contributed by atoms with Crippen molar-refractivity contribution < 1.29 is 32.9 Å². The van der Waals surface area contributed by atoms with Crippen molar-refractivity contribution in [2.24, 2.45) is 0 Å². The topological polar surface area (TPSA) is 71.0 Å². The minimum absolute atomic E-state index is 0.170. The number of ether oxygens (including phenoxy) is 2. The Bertz CT molecular complexity index is 454. The lowest BCUT2D eigenvalue weighted by molar-refractivity contribution is -0.202. The highest BCUT2D eigenvalue weighted by atomic mass is 19.4. The fraction of sp³-hybridized carbons (Fsp3) is 0.538. The van der Waals surface area contributed by atoms with Crippen molar-refractivity contribution in [3.8, 4) is 11.5 Å². The molecule has 8 heteroatoms. The summed E-state index contributed by atoms with van der Waals surface area (Å²) in [5.74, 6) is 0.877. The lowest BCUT2D eigenvalue weighted by Gasteiger charge is -2.19. The van der Waals surface area contributed by atoms with Gasteiger partial charge in [-0.25, -0.2) is 0 Å². The minimum atomic E-state index is -4.69. The zero-order valence-electron chi connectivity index (χ0n) is 11.6. The first-order chi connectivity index (χ1) is 9.79. The van der Waals surface area contributed by atoms with Gasteiger partial charge in [0.15, 0.2) is 6.10 Å². The Hall–Kier alpha value is -1.51. The fourth-order valence-electron chi connectivity index (χ4n) is 1.68. The number of halogens is 3. The van der Waals surface area contributed by atoms with Gasteiger partial charge < -0.3 is 25.0 Å². The van der Waals surface area contributed by atoms with Crippen LogP contribution >= 0.6 is 0 Å². The standard InChI is InChI=1S/C13H18F3NO4/c1-20-8-3-4-11(21-2)9(5-8)10(18)6-17-7-12(19)13(14,15)16/h3-5,10,12,17-19H,6-7H2,1-2H3. The molecule has 0 radical (unpaired) electrons. The molecule has 0 aliphatic carbocycles. The number of nitrogens with one attached hydrogen (secondary N) is 1. The number of aliphatic hydroxyl groups excluding tert-OH is 2. The number of hydrogen-bond acceptors (Lipinski definition) is 5. The number of benzene rings is 1. The van der Waals surface area contributed by atoms with Gasteiger partial charge in [-0.05, 0) is 18.2 Å². The zero-order chi connectivity index (χ0) is 16.0. The highest BCUT2D eigenvalue weighted by molar-refractivity contribution is 5.41. The average molecular weight is 309 g/mol. The number of alkyl halides is 3. The lowest BCUT2D eigenvalue weighted by atomic mass is 10.1. The summed E-state index contributed by atoms with van der Waals surface area (Å²) in [5, 5.41) is 21.2. The second kappa shape index (κ2) is 7.48. The predicted octanol–water partition coefficient (Wildman–Crippen LogP) is 1.25. The molecule has 2 unspecified atom stereocenters. The summed E-state index contributed by atoms with van der Waals surface area (Å²) < 4.78 is 46.5. The van der Waals surface area contributed by atoms with Crippen LogP contribution in [0.4, 0.5) is 13.2 Å². The Morgan fingerprint density at radius 2 is 1.81 bits per heavy atom. The molecule has 0 aliphatic heterocycles. The van der Waals surface area contributed by atoms with Gasteiger partial charge in [-0.15, -0.1) is 0 Å². The van der Waals surface area contributed by atoms with Crippen LogP contribution in [0.1, 0.15) is 11.7 Å². The third kappa shape index (κ3) is 5.07. The van der Waals surface area contributed by atoms with Crippen molar-refractivity contribution in [1.29, 1.82) is 0 Å². The van der Waals surface area contributed by atoms with Gasteiger partial charge in [-0.3, -0.25) is 0 Å². The van der Waals surface area contributed by atoms with E-state index in [-0.39, 0.29) is 6.54 Å². The van der Waals surface area contributed by atoms with E-state index in [1.54, 1.807) is 12.1 Å². The van der Waals surface area contributed by atoms with E-state index in [1.165, 1.54) is 20.3 Å². The van der Waals surface area contributed by atoms with E-state index < -0.39 is 24.9 Å². The molecule has 0 saturated carbocycles. The quantitative estimate of drug-likeness (QED) is 0.707. The second-order valence-electron chi connectivity index (χ2n) is 4.34. The van der Waals surface area contributed by atoms with E-state index in [0.717, 1.165) is 0 Å². The summed E-state index contributed by atoms with van der Waals surface area (Å²) in [7, 11) is 2.87. The lowest BCUT2D eigenvalue weighted by Crippen LogP contribution is -2.39. The fourth-order valence-corrected chi connectivity index (χ4v) is 1.68. The average Bonchev–Trinajstić information content (AvgIpc) is 2.45. The highest BCUT2D eigenvalue weighted by Crippen LogP contribution is 2.29. The number of rotatable bonds is 7. The van der Waals surface area contributed by atoms with Gasteiger partial charge in [-0.2, -0.15) is 13.2 Å². The van der Waals surface area contributed by atoms with Crippen LogP contribution in [0.15, 0.2) is 18.2 Å². The summed E-state index contributed by atoms with van der Waals surface area (Å²) in [5.41, 5.74) is 0.380. The third-order valence-corrected chi connectivity index (χ3v) is 2.85. The van der Waals surface area contributed by atoms with E-state index in [4.69, 9.17) is 14.6 Å². The maximum Gasteiger partial charge on any atom is 0.415 e. The van der Waals surface area contributed by atoms with Crippen LogP contribution in [-0.4, -0.2) is 49.8 Å². The van der Waals surface area contributed by atoms with E-state index in [1.807, 2.05) is 0 Å². The molecule has 0 heterocycles. The van der Waals surface area contributed by atoms with E-state index in [9.17, 15) is 18.3 Å². The molecule has 0 fully saturated rings. The van der Waals surface area contributed by atoms with Crippen molar-refractivity contribution in [1.82, 2.24) is 5.32 Å². The Kier molecular flexibility index (Phi) is 6.25. The van der Waals surface area contributed by atoms with Crippen molar-refractivity contribution in [3.05, 3.63) is 23.8 Å². The van der Waals surface area contributed by atoms with Crippen LogP contribution in [0.25, 0.3) is 0 Å². The molecule has 2 atom stereocenters. The first-order valence-corrected chi connectivity index (χ1v) is 6.15. The first kappa shape index (κ1) is 17.5. The molecule has 3 N–H and O–H groups in total. The van der Waals surface area contributed by atoms with Gasteiger partial charge in [0.1, 0.15) is 11.5 Å². The van der Waals surface area contributed by atoms with Crippen molar-refractivity contribution in [2.75, 3.05) is 27.3 Å². The van der Waals surface area contributed by atoms with Gasteiger partial charge in [0, 0.05) is 18.7 Å². The Balaban J connectivity index is 2.65. The molecule has 0 bridgehead atoms. The van der Waals surface area contributed by atoms with Gasteiger partial charge in [-0.1, -0.05) is 0 Å². The molecule has 1 aromatic rings. The molecule has 0 amide bonds. The molecule has 120 valence electrons. The van der Waals surface area contributed by atoms with E-state index in [2.05, 4.69) is 5.32 Å². The van der Waals surface area contributed by atoms with Crippen molar-refractivity contribution in [2.45, 2.75) is 18.4 Å².